The molecule has 4 heteroatoms. The molecule has 0 aliphatic carbocycles. The third-order valence-electron chi connectivity index (χ3n) is 1.63. The van der Waals surface area contributed by atoms with Gasteiger partial charge in [-0.05, 0) is 6.92 Å². The molecule has 1 atom stereocenters. The number of urea groups is 1. The third kappa shape index (κ3) is 6.16. The number of nitrogens with zero attached hydrogens (tertiary/aromatic N) is 1. The summed E-state index contributed by atoms with van der Waals surface area (Å²) in [6.45, 7) is 7.05. The van der Waals surface area contributed by atoms with Crippen LogP contribution in [-0.2, 0) is 0 Å². The predicted octanol–water partition coefficient (Wildman–Crippen LogP) is 0.422. The first kappa shape index (κ1) is 12.0. The lowest BCUT2D eigenvalue weighted by atomic mass is 10.3. The zero-order valence-corrected chi connectivity index (χ0v) is 8.63. The lowest BCUT2D eigenvalue weighted by Crippen LogP contribution is -2.39. The Hall–Kier alpha value is -1.03. The van der Waals surface area contributed by atoms with Crippen LogP contribution in [0, 0.1) is 0 Å². The molecule has 1 unspecified atom stereocenters. The first-order chi connectivity index (χ1) is 6.07. The summed E-state index contributed by atoms with van der Waals surface area (Å²) < 4.78 is 0. The highest BCUT2D eigenvalue weighted by atomic mass is 16.2. The Morgan fingerprint density at radius 2 is 2.15 bits per heavy atom. The van der Waals surface area contributed by atoms with Gasteiger partial charge in [-0.1, -0.05) is 6.08 Å². The van der Waals surface area contributed by atoms with Crippen LogP contribution in [0.15, 0.2) is 12.7 Å². The number of rotatable bonds is 5. The van der Waals surface area contributed by atoms with Gasteiger partial charge in [0.15, 0.2) is 0 Å². The van der Waals surface area contributed by atoms with Gasteiger partial charge in [0.1, 0.15) is 0 Å². The molecule has 0 aliphatic heterocycles. The van der Waals surface area contributed by atoms with Crippen LogP contribution in [0.3, 0.4) is 0 Å². The van der Waals surface area contributed by atoms with E-state index in [-0.39, 0.29) is 12.1 Å². The number of hydrogen-bond acceptors (Lipinski definition) is 2. The minimum atomic E-state index is -0.0620. The summed E-state index contributed by atoms with van der Waals surface area (Å²) in [6.07, 6.45) is 1.83. The van der Waals surface area contributed by atoms with Crippen LogP contribution in [0.4, 0.5) is 4.79 Å². The fourth-order valence-corrected chi connectivity index (χ4v) is 0.711. The van der Waals surface area contributed by atoms with Crippen molar-refractivity contribution in [2.24, 2.45) is 0 Å². The third-order valence-corrected chi connectivity index (χ3v) is 1.63. The molecule has 0 rings (SSSR count). The Kier molecular flexibility index (Phi) is 5.97. The van der Waals surface area contributed by atoms with Crippen molar-refractivity contribution in [3.05, 3.63) is 12.7 Å². The molecule has 0 aromatic heterocycles. The van der Waals surface area contributed by atoms with Crippen LogP contribution < -0.4 is 10.6 Å². The lowest BCUT2D eigenvalue weighted by Gasteiger charge is -2.13. The highest BCUT2D eigenvalue weighted by Gasteiger charge is 2.00. The van der Waals surface area contributed by atoms with Crippen molar-refractivity contribution in [3.63, 3.8) is 0 Å². The molecule has 2 amide bonds. The van der Waals surface area contributed by atoms with Gasteiger partial charge in [0.05, 0.1) is 0 Å². The van der Waals surface area contributed by atoms with Gasteiger partial charge in [-0.2, -0.15) is 0 Å². The number of carbonyl (C=O) groups excluding carboxylic acids is 1. The Bertz CT molecular complexity index is 168. The second-order valence-electron chi connectivity index (χ2n) is 3.10. The Labute approximate surface area is 80.0 Å². The van der Waals surface area contributed by atoms with Gasteiger partial charge in [-0.15, -0.1) is 6.58 Å². The zero-order chi connectivity index (χ0) is 10.3. The molecule has 76 valence electrons. The average Bonchev–Trinajstić information content (AvgIpc) is 2.11. The van der Waals surface area contributed by atoms with Gasteiger partial charge in [0.25, 0.3) is 0 Å². The topological polar surface area (TPSA) is 44.4 Å². The van der Waals surface area contributed by atoms with Crippen molar-refractivity contribution in [2.45, 2.75) is 13.0 Å². The monoisotopic (exact) mass is 185 g/mol. The predicted molar refractivity (Wildman–Crippen MR) is 54.7 cm³/mol. The van der Waals surface area contributed by atoms with Crippen LogP contribution in [0.5, 0.6) is 0 Å². The first-order valence-electron chi connectivity index (χ1n) is 4.39. The summed E-state index contributed by atoms with van der Waals surface area (Å²) in [6, 6.07) is 0.226. The van der Waals surface area contributed by atoms with E-state index in [1.165, 1.54) is 4.90 Å². The summed E-state index contributed by atoms with van der Waals surface area (Å²) in [4.78, 5) is 12.5. The van der Waals surface area contributed by atoms with Gasteiger partial charge in [0.2, 0.25) is 0 Å². The van der Waals surface area contributed by atoms with E-state index >= 15 is 0 Å². The van der Waals surface area contributed by atoms with E-state index in [2.05, 4.69) is 17.2 Å². The number of amides is 2. The quantitative estimate of drug-likeness (QED) is 0.481. The fraction of sp³-hybridized carbons (Fsp3) is 0.667. The molecule has 0 saturated heterocycles. The van der Waals surface area contributed by atoms with Crippen molar-refractivity contribution in [3.8, 4) is 0 Å². The highest BCUT2D eigenvalue weighted by molar-refractivity contribution is 5.73. The zero-order valence-electron chi connectivity index (χ0n) is 8.63. The summed E-state index contributed by atoms with van der Waals surface area (Å²) in [5, 5.41) is 5.93. The Morgan fingerprint density at radius 1 is 1.54 bits per heavy atom. The second-order valence-corrected chi connectivity index (χ2v) is 3.10. The van der Waals surface area contributed by atoms with E-state index in [0.717, 1.165) is 6.54 Å². The Balaban J connectivity index is 3.35. The second kappa shape index (κ2) is 6.48. The van der Waals surface area contributed by atoms with E-state index in [1.807, 2.05) is 13.0 Å². The van der Waals surface area contributed by atoms with Crippen LogP contribution in [0.25, 0.3) is 0 Å². The van der Waals surface area contributed by atoms with Crippen LogP contribution >= 0.6 is 0 Å². The van der Waals surface area contributed by atoms with Crippen molar-refractivity contribution < 1.29 is 4.79 Å². The molecule has 13 heavy (non-hydrogen) atoms. The average molecular weight is 185 g/mol. The summed E-state index contributed by atoms with van der Waals surface area (Å²) in [5.41, 5.74) is 0. The van der Waals surface area contributed by atoms with Gasteiger partial charge < -0.3 is 15.5 Å². The van der Waals surface area contributed by atoms with Crippen LogP contribution in [0.1, 0.15) is 6.92 Å². The standard InChI is InChI=1S/C9H19N3O/c1-5-8(2)10-6-7-11-9(13)12(3)4/h5,8,10H,1,6-7H2,2-4H3,(H,11,13). The maximum Gasteiger partial charge on any atom is 0.316 e. The molecule has 2 N–H and O–H groups in total. The van der Waals surface area contributed by atoms with E-state index in [9.17, 15) is 4.79 Å². The number of nitrogens with one attached hydrogen (secondary N) is 2. The summed E-state index contributed by atoms with van der Waals surface area (Å²) in [7, 11) is 3.43. The molecular weight excluding hydrogens is 166 g/mol. The normalized spacial score (nSPS) is 11.9. The van der Waals surface area contributed by atoms with Crippen molar-refractivity contribution >= 4 is 6.03 Å². The van der Waals surface area contributed by atoms with Crippen LogP contribution in [0.2, 0.25) is 0 Å². The minimum Gasteiger partial charge on any atom is -0.337 e. The van der Waals surface area contributed by atoms with Gasteiger partial charge >= 0.3 is 6.03 Å². The minimum absolute atomic E-state index is 0.0620. The SMILES string of the molecule is C=CC(C)NCCNC(=O)N(C)C. The molecule has 0 spiro atoms. The smallest absolute Gasteiger partial charge is 0.316 e. The first-order valence-corrected chi connectivity index (χ1v) is 4.39. The largest absolute Gasteiger partial charge is 0.337 e. The Morgan fingerprint density at radius 3 is 2.62 bits per heavy atom. The number of hydrogen-bond donors (Lipinski definition) is 2. The molecule has 0 fully saturated rings. The van der Waals surface area contributed by atoms with Gasteiger partial charge in [-0.3, -0.25) is 0 Å². The lowest BCUT2D eigenvalue weighted by molar-refractivity contribution is 0.217. The fourth-order valence-electron chi connectivity index (χ4n) is 0.711. The molecule has 0 aromatic carbocycles. The van der Waals surface area contributed by atoms with E-state index in [1.54, 1.807) is 14.1 Å². The molecular formula is C9H19N3O. The molecule has 0 saturated carbocycles. The van der Waals surface area contributed by atoms with Crippen molar-refractivity contribution in [1.29, 1.82) is 0 Å². The summed E-state index contributed by atoms with van der Waals surface area (Å²) >= 11 is 0. The summed E-state index contributed by atoms with van der Waals surface area (Å²) in [5.74, 6) is 0. The number of carbonyl (C=O) groups is 1. The highest BCUT2D eigenvalue weighted by Crippen LogP contribution is 1.79. The van der Waals surface area contributed by atoms with E-state index < -0.39 is 0 Å². The van der Waals surface area contributed by atoms with Crippen LogP contribution in [-0.4, -0.2) is 44.2 Å². The van der Waals surface area contributed by atoms with E-state index in [0.29, 0.717) is 6.54 Å². The van der Waals surface area contributed by atoms with E-state index in [4.69, 9.17) is 0 Å². The van der Waals surface area contributed by atoms with Crippen molar-refractivity contribution in [1.82, 2.24) is 15.5 Å². The molecule has 0 bridgehead atoms. The van der Waals surface area contributed by atoms with Gasteiger partial charge in [0, 0.05) is 33.2 Å². The van der Waals surface area contributed by atoms with Crippen molar-refractivity contribution in [2.75, 3.05) is 27.2 Å². The molecule has 4 nitrogen and oxygen atoms in total. The molecule has 0 radical (unpaired) electrons. The maximum absolute atomic E-state index is 11.0. The molecule has 0 aliphatic rings. The molecule has 0 aromatic rings. The molecule has 0 heterocycles. The van der Waals surface area contributed by atoms with Gasteiger partial charge in [-0.25, -0.2) is 4.79 Å². The maximum atomic E-state index is 11.0.